The molecular weight excluding hydrogens is 217 g/mol. The Morgan fingerprint density at radius 3 is 2.76 bits per heavy atom. The number of halogens is 1. The summed E-state index contributed by atoms with van der Waals surface area (Å²) in [6.07, 6.45) is 1.32. The molecule has 0 radical (unpaired) electrons. The molecule has 0 saturated carbocycles. The van der Waals surface area contributed by atoms with E-state index in [2.05, 4.69) is 18.9 Å². The van der Waals surface area contributed by atoms with Crippen LogP contribution in [0.1, 0.15) is 30.9 Å². The van der Waals surface area contributed by atoms with Crippen molar-refractivity contribution in [2.45, 2.75) is 38.3 Å². The molecule has 1 aliphatic heterocycles. The lowest BCUT2D eigenvalue weighted by Gasteiger charge is -2.41. The van der Waals surface area contributed by atoms with Gasteiger partial charge in [-0.2, -0.15) is 0 Å². The number of rotatable bonds is 1. The lowest BCUT2D eigenvalue weighted by Crippen LogP contribution is -2.45. The van der Waals surface area contributed by atoms with Crippen LogP contribution in [0.4, 0.5) is 4.39 Å². The van der Waals surface area contributed by atoms with Crippen molar-refractivity contribution in [2.75, 3.05) is 13.6 Å². The monoisotopic (exact) mass is 237 g/mol. The zero-order valence-electron chi connectivity index (χ0n) is 10.7. The zero-order chi connectivity index (χ0) is 12.6. The molecule has 1 aromatic carbocycles. The van der Waals surface area contributed by atoms with Gasteiger partial charge >= 0.3 is 0 Å². The molecule has 0 bridgehead atoms. The van der Waals surface area contributed by atoms with Gasteiger partial charge in [0.15, 0.2) is 0 Å². The van der Waals surface area contributed by atoms with Crippen molar-refractivity contribution in [3.63, 3.8) is 0 Å². The molecule has 2 unspecified atom stereocenters. The first-order chi connectivity index (χ1) is 7.92. The van der Waals surface area contributed by atoms with E-state index in [0.29, 0.717) is 30.0 Å². The predicted octanol–water partition coefficient (Wildman–Crippen LogP) is 2.44. The van der Waals surface area contributed by atoms with E-state index < -0.39 is 5.60 Å². The van der Waals surface area contributed by atoms with Gasteiger partial charge in [0.2, 0.25) is 0 Å². The summed E-state index contributed by atoms with van der Waals surface area (Å²) in [5.74, 6) is -0.234. The molecule has 1 N–H and O–H groups in total. The van der Waals surface area contributed by atoms with Crippen LogP contribution >= 0.6 is 0 Å². The van der Waals surface area contributed by atoms with Crippen LogP contribution in [-0.2, 0) is 5.60 Å². The minimum atomic E-state index is -0.875. The van der Waals surface area contributed by atoms with Gasteiger partial charge in [-0.15, -0.1) is 0 Å². The van der Waals surface area contributed by atoms with Crippen LogP contribution in [0.2, 0.25) is 0 Å². The molecule has 1 fully saturated rings. The normalized spacial score (nSPS) is 30.5. The molecule has 0 amide bonds. The molecule has 3 heteroatoms. The Hall–Kier alpha value is -0.930. The molecule has 1 aliphatic rings. The SMILES string of the molecule is Cc1ccc(C2(O)CCN(C)C(C)C2)cc1F. The Kier molecular flexibility index (Phi) is 3.23. The van der Waals surface area contributed by atoms with Crippen molar-refractivity contribution in [3.8, 4) is 0 Å². The van der Waals surface area contributed by atoms with Crippen LogP contribution in [0.5, 0.6) is 0 Å². The summed E-state index contributed by atoms with van der Waals surface area (Å²) < 4.78 is 13.6. The standard InChI is InChI=1S/C14H20FNO/c1-10-4-5-12(8-13(10)15)14(17)6-7-16(3)11(2)9-14/h4-5,8,11,17H,6-7,9H2,1-3H3. The fourth-order valence-electron chi connectivity index (χ4n) is 2.47. The first-order valence-corrected chi connectivity index (χ1v) is 6.11. The molecule has 2 rings (SSSR count). The molecule has 0 aromatic heterocycles. The number of benzene rings is 1. The number of nitrogens with zero attached hydrogens (tertiary/aromatic N) is 1. The Morgan fingerprint density at radius 1 is 1.47 bits per heavy atom. The highest BCUT2D eigenvalue weighted by Crippen LogP contribution is 2.35. The van der Waals surface area contributed by atoms with E-state index in [-0.39, 0.29) is 5.82 Å². The number of likely N-dealkylation sites (tertiary alicyclic amines) is 1. The van der Waals surface area contributed by atoms with E-state index in [9.17, 15) is 9.50 Å². The van der Waals surface area contributed by atoms with Crippen LogP contribution in [-0.4, -0.2) is 29.6 Å². The summed E-state index contributed by atoms with van der Waals surface area (Å²) in [6.45, 7) is 4.67. The van der Waals surface area contributed by atoms with E-state index in [1.165, 1.54) is 6.07 Å². The van der Waals surface area contributed by atoms with Gasteiger partial charge in [-0.25, -0.2) is 4.39 Å². The molecule has 0 spiro atoms. The van der Waals surface area contributed by atoms with Gasteiger partial charge in [-0.1, -0.05) is 12.1 Å². The van der Waals surface area contributed by atoms with Crippen molar-refractivity contribution in [1.29, 1.82) is 0 Å². The van der Waals surface area contributed by atoms with E-state index in [4.69, 9.17) is 0 Å². The van der Waals surface area contributed by atoms with E-state index >= 15 is 0 Å². The Labute approximate surface area is 102 Å². The van der Waals surface area contributed by atoms with Gasteiger partial charge in [0.1, 0.15) is 5.82 Å². The lowest BCUT2D eigenvalue weighted by atomic mass is 9.81. The molecule has 0 aliphatic carbocycles. The van der Waals surface area contributed by atoms with Crippen molar-refractivity contribution < 1.29 is 9.50 Å². The highest BCUT2D eigenvalue weighted by Gasteiger charge is 2.36. The van der Waals surface area contributed by atoms with Gasteiger partial charge < -0.3 is 10.0 Å². The number of hydrogen-bond acceptors (Lipinski definition) is 2. The van der Waals surface area contributed by atoms with Crippen LogP contribution in [0.15, 0.2) is 18.2 Å². The first kappa shape index (κ1) is 12.5. The third kappa shape index (κ3) is 2.35. The topological polar surface area (TPSA) is 23.5 Å². The zero-order valence-corrected chi connectivity index (χ0v) is 10.7. The third-order valence-electron chi connectivity index (χ3n) is 3.97. The molecule has 1 heterocycles. The van der Waals surface area contributed by atoms with Gasteiger partial charge in [-0.3, -0.25) is 0 Å². The lowest BCUT2D eigenvalue weighted by molar-refractivity contribution is -0.0410. The molecule has 1 saturated heterocycles. The highest BCUT2D eigenvalue weighted by atomic mass is 19.1. The maximum atomic E-state index is 13.6. The van der Waals surface area contributed by atoms with E-state index in [0.717, 1.165) is 6.54 Å². The summed E-state index contributed by atoms with van der Waals surface area (Å²) in [5.41, 5.74) is 0.458. The van der Waals surface area contributed by atoms with E-state index in [1.807, 2.05) is 6.07 Å². The predicted molar refractivity (Wildman–Crippen MR) is 66.4 cm³/mol. The van der Waals surface area contributed by atoms with Gasteiger partial charge in [-0.05, 0) is 50.9 Å². The fourth-order valence-corrected chi connectivity index (χ4v) is 2.47. The maximum absolute atomic E-state index is 13.6. The smallest absolute Gasteiger partial charge is 0.126 e. The molecule has 17 heavy (non-hydrogen) atoms. The average Bonchev–Trinajstić information content (AvgIpc) is 2.28. The molecule has 94 valence electrons. The second-order valence-electron chi connectivity index (χ2n) is 5.28. The number of aryl methyl sites for hydroxylation is 1. The van der Waals surface area contributed by atoms with Crippen LogP contribution in [0.25, 0.3) is 0 Å². The molecule has 2 atom stereocenters. The maximum Gasteiger partial charge on any atom is 0.126 e. The molecule has 2 nitrogen and oxygen atoms in total. The molecular formula is C14H20FNO. The van der Waals surface area contributed by atoms with Crippen LogP contribution < -0.4 is 0 Å². The minimum absolute atomic E-state index is 0.234. The number of hydrogen-bond donors (Lipinski definition) is 1. The second-order valence-corrected chi connectivity index (χ2v) is 5.28. The van der Waals surface area contributed by atoms with Crippen LogP contribution in [0.3, 0.4) is 0 Å². The minimum Gasteiger partial charge on any atom is -0.385 e. The van der Waals surface area contributed by atoms with Crippen molar-refractivity contribution in [2.24, 2.45) is 0 Å². The third-order valence-corrected chi connectivity index (χ3v) is 3.97. The summed E-state index contributed by atoms with van der Waals surface area (Å²) in [7, 11) is 2.06. The highest BCUT2D eigenvalue weighted by molar-refractivity contribution is 5.28. The first-order valence-electron chi connectivity index (χ1n) is 6.11. The Morgan fingerprint density at radius 2 is 2.18 bits per heavy atom. The number of aliphatic hydroxyl groups is 1. The Bertz CT molecular complexity index is 421. The number of piperidine rings is 1. The quantitative estimate of drug-likeness (QED) is 0.811. The van der Waals surface area contributed by atoms with Gasteiger partial charge in [0.05, 0.1) is 5.60 Å². The van der Waals surface area contributed by atoms with Crippen molar-refractivity contribution in [1.82, 2.24) is 4.90 Å². The summed E-state index contributed by atoms with van der Waals surface area (Å²) in [6, 6.07) is 5.38. The summed E-state index contributed by atoms with van der Waals surface area (Å²) in [5, 5.41) is 10.7. The summed E-state index contributed by atoms with van der Waals surface area (Å²) in [4.78, 5) is 2.22. The van der Waals surface area contributed by atoms with Crippen molar-refractivity contribution in [3.05, 3.63) is 35.1 Å². The largest absolute Gasteiger partial charge is 0.385 e. The Balaban J connectivity index is 2.29. The van der Waals surface area contributed by atoms with Crippen LogP contribution in [0, 0.1) is 12.7 Å². The molecule has 1 aromatic rings. The summed E-state index contributed by atoms with van der Waals surface area (Å²) >= 11 is 0. The van der Waals surface area contributed by atoms with Crippen molar-refractivity contribution >= 4 is 0 Å². The fraction of sp³-hybridized carbons (Fsp3) is 0.571. The van der Waals surface area contributed by atoms with Gasteiger partial charge in [0.25, 0.3) is 0 Å². The van der Waals surface area contributed by atoms with Gasteiger partial charge in [0, 0.05) is 12.6 Å². The second kappa shape index (κ2) is 4.39. The van der Waals surface area contributed by atoms with E-state index in [1.54, 1.807) is 13.0 Å². The average molecular weight is 237 g/mol.